The van der Waals surface area contributed by atoms with Crippen LogP contribution in [0.4, 0.5) is 0 Å². The Morgan fingerprint density at radius 2 is 1.89 bits per heavy atom. The number of aliphatic hydroxyl groups excluding tert-OH is 1. The maximum absolute atomic E-state index is 9.78. The second-order valence-corrected chi connectivity index (χ2v) is 1.83. The Morgan fingerprint density at radius 1 is 1.56 bits per heavy atom. The summed E-state index contributed by atoms with van der Waals surface area (Å²) >= 11 is 0. The summed E-state index contributed by atoms with van der Waals surface area (Å²) in [6.45, 7) is 0.784. The van der Waals surface area contributed by atoms with Crippen LogP contribution in [0.5, 0.6) is 0 Å². The van der Waals surface area contributed by atoms with Gasteiger partial charge in [-0.15, -0.1) is 0 Å². The van der Waals surface area contributed by atoms with Gasteiger partial charge in [-0.3, -0.25) is 0 Å². The summed E-state index contributed by atoms with van der Waals surface area (Å²) in [5.41, 5.74) is 0. The molecule has 0 saturated carbocycles. The predicted octanol–water partition coefficient (Wildman–Crippen LogP) is -1.87. The van der Waals surface area contributed by atoms with Crippen molar-refractivity contribution in [3.63, 3.8) is 0 Å². The van der Waals surface area contributed by atoms with Gasteiger partial charge < -0.3 is 20.4 Å². The summed E-state index contributed by atoms with van der Waals surface area (Å²) in [6.07, 6.45) is -2.16. The molecule has 5 nitrogen and oxygen atoms in total. The number of rotatable bonds is 2. The van der Waals surface area contributed by atoms with Gasteiger partial charge in [0.05, 0.1) is 0 Å². The van der Waals surface area contributed by atoms with Gasteiger partial charge in [0.2, 0.25) is 6.10 Å². The SMILES string of the molecule is CC(O)(O)C(O)C(=O)O. The van der Waals surface area contributed by atoms with Gasteiger partial charge in [-0.05, 0) is 6.92 Å². The molecule has 0 radical (unpaired) electrons. The van der Waals surface area contributed by atoms with Crippen LogP contribution in [0.25, 0.3) is 0 Å². The van der Waals surface area contributed by atoms with Gasteiger partial charge in [0.1, 0.15) is 0 Å². The molecule has 0 aliphatic rings. The Bertz CT molecular complexity index is 113. The number of carboxylic acids is 1. The highest BCUT2D eigenvalue weighted by molar-refractivity contribution is 5.73. The lowest BCUT2D eigenvalue weighted by molar-refractivity contribution is -0.219. The van der Waals surface area contributed by atoms with Crippen LogP contribution in [0.15, 0.2) is 0 Å². The van der Waals surface area contributed by atoms with Gasteiger partial charge in [0.15, 0.2) is 5.79 Å². The summed E-state index contributed by atoms with van der Waals surface area (Å²) in [6, 6.07) is 0. The van der Waals surface area contributed by atoms with E-state index in [9.17, 15) is 4.79 Å². The van der Waals surface area contributed by atoms with Crippen LogP contribution >= 0.6 is 0 Å². The fourth-order valence-corrected chi connectivity index (χ4v) is 0.234. The van der Waals surface area contributed by atoms with Crippen molar-refractivity contribution in [2.24, 2.45) is 0 Å². The first-order chi connectivity index (χ1) is 3.85. The minimum Gasteiger partial charge on any atom is -0.479 e. The van der Waals surface area contributed by atoms with Gasteiger partial charge in [0.25, 0.3) is 0 Å². The third kappa shape index (κ3) is 2.41. The highest BCUT2D eigenvalue weighted by Gasteiger charge is 2.33. The van der Waals surface area contributed by atoms with Crippen molar-refractivity contribution in [1.29, 1.82) is 0 Å². The second-order valence-electron chi connectivity index (χ2n) is 1.83. The van der Waals surface area contributed by atoms with E-state index >= 15 is 0 Å². The van der Waals surface area contributed by atoms with Crippen LogP contribution in [0, 0.1) is 0 Å². The Hall–Kier alpha value is -0.650. The molecule has 0 amide bonds. The van der Waals surface area contributed by atoms with Crippen molar-refractivity contribution in [1.82, 2.24) is 0 Å². The topological polar surface area (TPSA) is 98.0 Å². The fourth-order valence-electron chi connectivity index (χ4n) is 0.234. The summed E-state index contributed by atoms with van der Waals surface area (Å²) < 4.78 is 0. The molecule has 5 heteroatoms. The molecule has 0 heterocycles. The Labute approximate surface area is 51.2 Å². The number of aliphatic hydroxyl groups is 3. The van der Waals surface area contributed by atoms with E-state index in [0.717, 1.165) is 6.92 Å². The van der Waals surface area contributed by atoms with E-state index in [0.29, 0.717) is 0 Å². The zero-order valence-corrected chi connectivity index (χ0v) is 4.77. The molecule has 4 N–H and O–H groups in total. The molecular weight excluding hydrogens is 128 g/mol. The van der Waals surface area contributed by atoms with Crippen LogP contribution in [0.2, 0.25) is 0 Å². The molecule has 0 aliphatic carbocycles. The normalized spacial score (nSPS) is 15.1. The monoisotopic (exact) mass is 136 g/mol. The van der Waals surface area contributed by atoms with Crippen molar-refractivity contribution in [3.8, 4) is 0 Å². The van der Waals surface area contributed by atoms with Gasteiger partial charge in [-0.25, -0.2) is 4.79 Å². The number of hydrogen-bond acceptors (Lipinski definition) is 4. The molecule has 9 heavy (non-hydrogen) atoms. The summed E-state index contributed by atoms with van der Waals surface area (Å²) in [7, 11) is 0. The first-order valence-electron chi connectivity index (χ1n) is 2.21. The van der Waals surface area contributed by atoms with Crippen LogP contribution in [-0.2, 0) is 4.79 Å². The van der Waals surface area contributed by atoms with Crippen LogP contribution in [0.3, 0.4) is 0 Å². The number of aliphatic carboxylic acids is 1. The van der Waals surface area contributed by atoms with E-state index in [4.69, 9.17) is 20.4 Å². The third-order valence-electron chi connectivity index (χ3n) is 0.752. The quantitative estimate of drug-likeness (QED) is 0.333. The molecule has 1 atom stereocenters. The number of carboxylic acid groups (broad SMARTS) is 1. The van der Waals surface area contributed by atoms with Gasteiger partial charge >= 0.3 is 5.97 Å². The smallest absolute Gasteiger partial charge is 0.338 e. The molecule has 0 saturated heterocycles. The molecule has 1 unspecified atom stereocenters. The van der Waals surface area contributed by atoms with Crippen molar-refractivity contribution < 1.29 is 25.2 Å². The van der Waals surface area contributed by atoms with Gasteiger partial charge in [-0.1, -0.05) is 0 Å². The lowest BCUT2D eigenvalue weighted by Gasteiger charge is -2.18. The largest absolute Gasteiger partial charge is 0.479 e. The fraction of sp³-hybridized carbons (Fsp3) is 0.750. The molecular formula is C4H8O5. The van der Waals surface area contributed by atoms with E-state index < -0.39 is 17.9 Å². The highest BCUT2D eigenvalue weighted by Crippen LogP contribution is 2.03. The van der Waals surface area contributed by atoms with E-state index in [-0.39, 0.29) is 0 Å². The van der Waals surface area contributed by atoms with Crippen molar-refractivity contribution in [2.45, 2.75) is 18.8 Å². The molecule has 54 valence electrons. The Morgan fingerprint density at radius 3 is 1.89 bits per heavy atom. The lowest BCUT2D eigenvalue weighted by Crippen LogP contribution is -2.44. The summed E-state index contributed by atoms with van der Waals surface area (Å²) in [5, 5.41) is 33.1. The zero-order chi connectivity index (χ0) is 7.65. The van der Waals surface area contributed by atoms with Crippen molar-refractivity contribution in [2.75, 3.05) is 0 Å². The maximum Gasteiger partial charge on any atom is 0.338 e. The highest BCUT2D eigenvalue weighted by atomic mass is 16.5. The summed E-state index contributed by atoms with van der Waals surface area (Å²) in [4.78, 5) is 9.78. The molecule has 0 aromatic heterocycles. The number of carbonyl (C=O) groups is 1. The van der Waals surface area contributed by atoms with Crippen LogP contribution < -0.4 is 0 Å². The van der Waals surface area contributed by atoms with E-state index in [1.54, 1.807) is 0 Å². The van der Waals surface area contributed by atoms with Crippen molar-refractivity contribution in [3.05, 3.63) is 0 Å². The molecule has 0 aromatic rings. The molecule has 0 aliphatic heterocycles. The minimum absolute atomic E-state index is 0.784. The Kier molecular flexibility index (Phi) is 2.13. The average molecular weight is 136 g/mol. The average Bonchev–Trinajstić information content (AvgIpc) is 1.62. The van der Waals surface area contributed by atoms with Crippen LogP contribution in [0.1, 0.15) is 6.92 Å². The van der Waals surface area contributed by atoms with Gasteiger partial charge in [0, 0.05) is 0 Å². The van der Waals surface area contributed by atoms with E-state index in [1.807, 2.05) is 0 Å². The standard InChI is InChI=1S/C4H8O5/c1-4(8,9)2(5)3(6)7/h2,5,8-9H,1H3,(H,6,7). The predicted molar refractivity (Wildman–Crippen MR) is 26.5 cm³/mol. The Balaban J connectivity index is 4.04. The second kappa shape index (κ2) is 2.30. The first-order valence-corrected chi connectivity index (χ1v) is 2.21. The van der Waals surface area contributed by atoms with E-state index in [1.165, 1.54) is 0 Å². The van der Waals surface area contributed by atoms with Crippen molar-refractivity contribution >= 4 is 5.97 Å². The van der Waals surface area contributed by atoms with E-state index in [2.05, 4.69) is 0 Å². The third-order valence-corrected chi connectivity index (χ3v) is 0.752. The molecule has 0 rings (SSSR count). The van der Waals surface area contributed by atoms with Crippen LogP contribution in [-0.4, -0.2) is 38.3 Å². The van der Waals surface area contributed by atoms with Gasteiger partial charge in [-0.2, -0.15) is 0 Å². The first kappa shape index (κ1) is 8.35. The molecule has 0 bridgehead atoms. The lowest BCUT2D eigenvalue weighted by atomic mass is 10.2. The molecule has 0 spiro atoms. The molecule has 0 aromatic carbocycles. The minimum atomic E-state index is -2.56. The summed E-state index contributed by atoms with van der Waals surface area (Å²) in [5.74, 6) is -4.23. The maximum atomic E-state index is 9.78. The zero-order valence-electron chi connectivity index (χ0n) is 4.77. The molecule has 0 fully saturated rings. The number of hydrogen-bond donors (Lipinski definition) is 4.